The highest BCUT2D eigenvalue weighted by molar-refractivity contribution is 9.10. The maximum atomic E-state index is 12.8. The van der Waals surface area contributed by atoms with E-state index in [1.54, 1.807) is 49.6 Å². The van der Waals surface area contributed by atoms with Gasteiger partial charge in [-0.25, -0.2) is 13.8 Å². The van der Waals surface area contributed by atoms with Crippen LogP contribution in [0.15, 0.2) is 56.9 Å². The molecular formula is C21H24BrN3O5S. The normalized spacial score (nSPS) is 15.7. The van der Waals surface area contributed by atoms with Crippen LogP contribution in [-0.2, 0) is 14.8 Å². The summed E-state index contributed by atoms with van der Waals surface area (Å²) >= 11 is 3.31. The van der Waals surface area contributed by atoms with Gasteiger partial charge in [0.25, 0.3) is 0 Å². The van der Waals surface area contributed by atoms with Gasteiger partial charge in [-0.1, -0.05) is 22.0 Å². The van der Waals surface area contributed by atoms with Gasteiger partial charge in [0.15, 0.2) is 11.5 Å². The number of ether oxygens (including phenoxy) is 2. The second-order valence-corrected chi connectivity index (χ2v) is 9.80. The number of hydrogen-bond acceptors (Lipinski definition) is 6. The molecule has 1 aliphatic heterocycles. The highest BCUT2D eigenvalue weighted by Crippen LogP contribution is 2.29. The highest BCUT2D eigenvalue weighted by Gasteiger charge is 2.32. The molecule has 8 nitrogen and oxygen atoms in total. The first-order valence-electron chi connectivity index (χ1n) is 9.66. The van der Waals surface area contributed by atoms with Crippen LogP contribution in [0.5, 0.6) is 11.5 Å². The number of carbonyl (C=O) groups is 1. The van der Waals surface area contributed by atoms with Crippen molar-refractivity contribution in [3.63, 3.8) is 0 Å². The van der Waals surface area contributed by atoms with Crippen molar-refractivity contribution in [2.45, 2.75) is 17.7 Å². The number of rotatable bonds is 7. The van der Waals surface area contributed by atoms with Crippen LogP contribution in [0.1, 0.15) is 18.4 Å². The molecule has 2 aromatic carbocycles. The molecule has 0 atom stereocenters. The van der Waals surface area contributed by atoms with Gasteiger partial charge in [0, 0.05) is 29.0 Å². The number of piperidine rings is 1. The molecule has 3 rings (SSSR count). The first kappa shape index (κ1) is 23.2. The summed E-state index contributed by atoms with van der Waals surface area (Å²) in [4.78, 5) is 12.7. The molecule has 166 valence electrons. The van der Waals surface area contributed by atoms with Gasteiger partial charge < -0.3 is 9.47 Å². The molecule has 1 N–H and O–H groups in total. The predicted octanol–water partition coefficient (Wildman–Crippen LogP) is 3.02. The summed E-state index contributed by atoms with van der Waals surface area (Å²) in [7, 11) is -0.493. The number of nitrogens with zero attached hydrogens (tertiary/aromatic N) is 2. The Hall–Kier alpha value is -2.43. The van der Waals surface area contributed by atoms with Crippen LogP contribution in [0.4, 0.5) is 0 Å². The Morgan fingerprint density at radius 2 is 1.81 bits per heavy atom. The fourth-order valence-corrected chi connectivity index (χ4v) is 5.12. The number of methoxy groups -OCH3 is 2. The first-order valence-corrected chi connectivity index (χ1v) is 11.9. The SMILES string of the molecule is COc1cccc(/C=N\NC(=O)C2CCN(S(=O)(=O)c3ccc(Br)cc3)CC2)c1OC. The number of carbonyl (C=O) groups excluding carboxylic acids is 1. The predicted molar refractivity (Wildman–Crippen MR) is 121 cm³/mol. The molecular weight excluding hydrogens is 486 g/mol. The molecule has 1 saturated heterocycles. The molecule has 0 aromatic heterocycles. The van der Waals surface area contributed by atoms with Crippen molar-refractivity contribution in [1.82, 2.24) is 9.73 Å². The summed E-state index contributed by atoms with van der Waals surface area (Å²) < 4.78 is 38.4. The van der Waals surface area contributed by atoms with Crippen molar-refractivity contribution in [1.29, 1.82) is 0 Å². The van der Waals surface area contributed by atoms with Crippen molar-refractivity contribution < 1.29 is 22.7 Å². The van der Waals surface area contributed by atoms with E-state index in [0.29, 0.717) is 29.9 Å². The van der Waals surface area contributed by atoms with E-state index >= 15 is 0 Å². The summed E-state index contributed by atoms with van der Waals surface area (Å²) in [5, 5.41) is 4.03. The van der Waals surface area contributed by atoms with Crippen LogP contribution in [0.2, 0.25) is 0 Å². The fourth-order valence-electron chi connectivity index (χ4n) is 3.38. The smallest absolute Gasteiger partial charge is 0.243 e. The average molecular weight is 510 g/mol. The third-order valence-electron chi connectivity index (χ3n) is 5.09. The summed E-state index contributed by atoms with van der Waals surface area (Å²) in [6.07, 6.45) is 2.35. The Balaban J connectivity index is 1.57. The van der Waals surface area contributed by atoms with Crippen LogP contribution in [-0.4, -0.2) is 52.2 Å². The van der Waals surface area contributed by atoms with Crippen LogP contribution in [0, 0.1) is 5.92 Å². The number of halogens is 1. The quantitative estimate of drug-likeness (QED) is 0.456. The molecule has 1 amide bonds. The van der Waals surface area contributed by atoms with Gasteiger partial charge >= 0.3 is 0 Å². The Bertz CT molecular complexity index is 1050. The Kier molecular flexibility index (Phi) is 7.69. The first-order chi connectivity index (χ1) is 14.9. The van der Waals surface area contributed by atoms with Crippen LogP contribution in [0.25, 0.3) is 0 Å². The molecule has 0 radical (unpaired) electrons. The van der Waals surface area contributed by atoms with Gasteiger partial charge in [-0.3, -0.25) is 4.79 Å². The van der Waals surface area contributed by atoms with Gasteiger partial charge in [-0.2, -0.15) is 9.41 Å². The van der Waals surface area contributed by atoms with E-state index in [1.807, 2.05) is 0 Å². The summed E-state index contributed by atoms with van der Waals surface area (Å²) in [5.74, 6) is 0.547. The summed E-state index contributed by atoms with van der Waals surface area (Å²) in [6.45, 7) is 0.563. The number of amides is 1. The lowest BCUT2D eigenvalue weighted by molar-refractivity contribution is -0.126. The highest BCUT2D eigenvalue weighted by atomic mass is 79.9. The maximum absolute atomic E-state index is 12.8. The van der Waals surface area contributed by atoms with Gasteiger partial charge in [0.1, 0.15) is 0 Å². The second-order valence-electron chi connectivity index (χ2n) is 6.95. The Morgan fingerprint density at radius 1 is 1.13 bits per heavy atom. The molecule has 1 heterocycles. The van der Waals surface area contributed by atoms with E-state index in [9.17, 15) is 13.2 Å². The number of nitrogens with one attached hydrogen (secondary N) is 1. The largest absolute Gasteiger partial charge is 0.493 e. The lowest BCUT2D eigenvalue weighted by Gasteiger charge is -2.30. The minimum Gasteiger partial charge on any atom is -0.493 e. The van der Waals surface area contributed by atoms with Gasteiger partial charge in [-0.15, -0.1) is 0 Å². The lowest BCUT2D eigenvalue weighted by Crippen LogP contribution is -2.42. The minimum absolute atomic E-state index is 0.237. The Labute approximate surface area is 190 Å². The van der Waals surface area contributed by atoms with Crippen LogP contribution in [0.3, 0.4) is 0 Å². The van der Waals surface area contributed by atoms with Gasteiger partial charge in [0.05, 0.1) is 25.3 Å². The molecule has 10 heteroatoms. The molecule has 1 fully saturated rings. The number of benzene rings is 2. The number of hydrazone groups is 1. The van der Waals surface area contributed by atoms with E-state index in [1.165, 1.54) is 17.6 Å². The van der Waals surface area contributed by atoms with Gasteiger partial charge in [-0.05, 0) is 49.2 Å². The summed E-state index contributed by atoms with van der Waals surface area (Å²) in [5.41, 5.74) is 3.21. The third-order valence-corrected chi connectivity index (χ3v) is 7.53. The van der Waals surface area contributed by atoms with E-state index in [0.717, 1.165) is 4.47 Å². The number of para-hydroxylation sites is 1. The van der Waals surface area contributed by atoms with Crippen molar-refractivity contribution in [3.8, 4) is 11.5 Å². The average Bonchev–Trinajstić information content (AvgIpc) is 2.79. The van der Waals surface area contributed by atoms with E-state index < -0.39 is 10.0 Å². The van der Waals surface area contributed by atoms with Crippen molar-refractivity contribution in [3.05, 3.63) is 52.5 Å². The number of hydrogen-bond donors (Lipinski definition) is 1. The van der Waals surface area contributed by atoms with Crippen molar-refractivity contribution in [2.24, 2.45) is 11.0 Å². The van der Waals surface area contributed by atoms with Gasteiger partial charge in [0.2, 0.25) is 15.9 Å². The van der Waals surface area contributed by atoms with Crippen molar-refractivity contribution in [2.75, 3.05) is 27.3 Å². The molecule has 1 aliphatic rings. The van der Waals surface area contributed by atoms with Crippen molar-refractivity contribution >= 4 is 38.1 Å². The lowest BCUT2D eigenvalue weighted by atomic mass is 9.98. The molecule has 0 spiro atoms. The van der Waals surface area contributed by atoms with Crippen LogP contribution < -0.4 is 14.9 Å². The standard InChI is InChI=1S/C21H24BrN3O5S/c1-29-19-5-3-4-16(20(19)30-2)14-23-24-21(26)15-10-12-25(13-11-15)31(27,28)18-8-6-17(22)7-9-18/h3-9,14-15H,10-13H2,1-2H3,(H,24,26)/b23-14-. The van der Waals surface area contributed by atoms with E-state index in [4.69, 9.17) is 9.47 Å². The zero-order valence-corrected chi connectivity index (χ0v) is 19.6. The molecule has 0 saturated carbocycles. The summed E-state index contributed by atoms with van der Waals surface area (Å²) in [6, 6.07) is 11.9. The minimum atomic E-state index is -3.57. The van der Waals surface area contributed by atoms with E-state index in [2.05, 4.69) is 26.5 Å². The fraction of sp³-hybridized carbons (Fsp3) is 0.333. The maximum Gasteiger partial charge on any atom is 0.243 e. The molecule has 0 unspecified atom stereocenters. The molecule has 2 aromatic rings. The molecule has 31 heavy (non-hydrogen) atoms. The van der Waals surface area contributed by atoms with E-state index in [-0.39, 0.29) is 29.8 Å². The number of sulfonamides is 1. The topological polar surface area (TPSA) is 97.3 Å². The monoisotopic (exact) mass is 509 g/mol. The molecule has 0 aliphatic carbocycles. The zero-order chi connectivity index (χ0) is 22.4. The third kappa shape index (κ3) is 5.44. The second kappa shape index (κ2) is 10.3. The molecule has 0 bridgehead atoms. The van der Waals surface area contributed by atoms with Crippen LogP contribution >= 0.6 is 15.9 Å². The zero-order valence-electron chi connectivity index (χ0n) is 17.2. The Morgan fingerprint density at radius 3 is 2.42 bits per heavy atom.